The van der Waals surface area contributed by atoms with Gasteiger partial charge in [0, 0.05) is 0 Å². The van der Waals surface area contributed by atoms with Gasteiger partial charge in [-0.3, -0.25) is 0 Å². The molecule has 0 saturated heterocycles. The Morgan fingerprint density at radius 3 is 2.75 bits per heavy atom. The Morgan fingerprint density at radius 2 is 1.95 bits per heavy atom. The summed E-state index contributed by atoms with van der Waals surface area (Å²) in [6, 6.07) is 0. The fourth-order valence-electron chi connectivity index (χ4n) is 4.94. The average Bonchev–Trinajstić information content (AvgIpc) is 2.73. The highest BCUT2D eigenvalue weighted by Gasteiger charge is 2.46. The molecular weight excluding hydrogens is 244 g/mol. The summed E-state index contributed by atoms with van der Waals surface area (Å²) in [5.74, 6) is 1.72. The minimum absolute atomic E-state index is 0.0866. The lowest BCUT2D eigenvalue weighted by atomic mass is 9.64. The van der Waals surface area contributed by atoms with Crippen molar-refractivity contribution in [3.8, 4) is 0 Å². The van der Waals surface area contributed by atoms with Gasteiger partial charge in [0.1, 0.15) is 0 Å². The highest BCUT2D eigenvalue weighted by molar-refractivity contribution is 5.25. The maximum absolute atomic E-state index is 9.78. The fourth-order valence-corrected chi connectivity index (χ4v) is 4.94. The molecule has 0 bridgehead atoms. The van der Waals surface area contributed by atoms with E-state index in [-0.39, 0.29) is 6.10 Å². The highest BCUT2D eigenvalue weighted by atomic mass is 16.3. The van der Waals surface area contributed by atoms with Crippen LogP contribution in [-0.2, 0) is 0 Å². The third kappa shape index (κ3) is 2.62. The van der Waals surface area contributed by atoms with Gasteiger partial charge in [-0.2, -0.15) is 0 Å². The molecule has 1 heteroatoms. The molecule has 3 aliphatic carbocycles. The second-order valence-electron chi connectivity index (χ2n) is 7.71. The maximum atomic E-state index is 9.78. The zero-order valence-corrected chi connectivity index (χ0v) is 13.2. The molecule has 112 valence electrons. The van der Waals surface area contributed by atoms with Gasteiger partial charge in [0.05, 0.1) is 6.10 Å². The van der Waals surface area contributed by atoms with E-state index < -0.39 is 0 Å². The Balaban J connectivity index is 1.76. The van der Waals surface area contributed by atoms with Crippen LogP contribution in [0.1, 0.15) is 71.6 Å². The van der Waals surface area contributed by atoms with Gasteiger partial charge in [0.25, 0.3) is 0 Å². The van der Waals surface area contributed by atoms with Gasteiger partial charge in [-0.05, 0) is 75.0 Å². The van der Waals surface area contributed by atoms with Crippen LogP contribution in [0.4, 0.5) is 0 Å². The maximum Gasteiger partial charge on any atom is 0.0577 e. The Kier molecular flexibility index (Phi) is 4.08. The molecule has 3 aliphatic rings. The van der Waals surface area contributed by atoms with Crippen molar-refractivity contribution in [2.24, 2.45) is 17.3 Å². The first kappa shape index (κ1) is 14.4. The summed E-state index contributed by atoms with van der Waals surface area (Å²) in [5.41, 5.74) is 3.74. The summed E-state index contributed by atoms with van der Waals surface area (Å²) < 4.78 is 0. The molecule has 3 fully saturated rings. The predicted molar refractivity (Wildman–Crippen MR) is 84.5 cm³/mol. The molecule has 0 aromatic carbocycles. The molecule has 3 saturated carbocycles. The molecule has 1 N–H and O–H groups in total. The number of fused-ring (bicyclic) bond motifs is 1. The van der Waals surface area contributed by atoms with Crippen LogP contribution in [0.3, 0.4) is 0 Å². The highest BCUT2D eigenvalue weighted by Crippen LogP contribution is 2.57. The molecular formula is C19H30O. The van der Waals surface area contributed by atoms with E-state index in [1.54, 1.807) is 5.57 Å². The van der Waals surface area contributed by atoms with Crippen LogP contribution < -0.4 is 0 Å². The van der Waals surface area contributed by atoms with Gasteiger partial charge in [0.2, 0.25) is 0 Å². The molecule has 1 nitrogen and oxygen atoms in total. The third-order valence-corrected chi connectivity index (χ3v) is 6.50. The van der Waals surface area contributed by atoms with Gasteiger partial charge in [-0.1, -0.05) is 37.1 Å². The largest absolute Gasteiger partial charge is 0.393 e. The van der Waals surface area contributed by atoms with E-state index in [0.717, 1.165) is 31.1 Å². The van der Waals surface area contributed by atoms with Crippen molar-refractivity contribution in [3.63, 3.8) is 0 Å². The summed E-state index contributed by atoms with van der Waals surface area (Å²) in [6.45, 7) is 4.98. The van der Waals surface area contributed by atoms with Crippen LogP contribution in [0.2, 0.25) is 0 Å². The van der Waals surface area contributed by atoms with E-state index in [4.69, 9.17) is 0 Å². The molecule has 0 spiro atoms. The first-order valence-electron chi connectivity index (χ1n) is 8.66. The molecule has 0 aromatic rings. The first-order chi connectivity index (χ1) is 9.59. The predicted octanol–water partition coefficient (Wildman–Crippen LogP) is 5.01. The Labute approximate surface area is 124 Å². The summed E-state index contributed by atoms with van der Waals surface area (Å²) in [5, 5.41) is 9.78. The monoisotopic (exact) mass is 274 g/mol. The van der Waals surface area contributed by atoms with Crippen molar-refractivity contribution in [2.75, 3.05) is 0 Å². The van der Waals surface area contributed by atoms with Crippen LogP contribution in [0.25, 0.3) is 0 Å². The van der Waals surface area contributed by atoms with E-state index in [1.165, 1.54) is 44.1 Å². The van der Waals surface area contributed by atoms with Crippen LogP contribution in [0.15, 0.2) is 23.3 Å². The van der Waals surface area contributed by atoms with Crippen LogP contribution >= 0.6 is 0 Å². The van der Waals surface area contributed by atoms with Crippen molar-refractivity contribution in [1.29, 1.82) is 0 Å². The van der Waals surface area contributed by atoms with Gasteiger partial charge in [-0.15, -0.1) is 0 Å². The summed E-state index contributed by atoms with van der Waals surface area (Å²) in [6.07, 6.45) is 15.9. The van der Waals surface area contributed by atoms with E-state index in [2.05, 4.69) is 26.0 Å². The number of hydrogen-bond donors (Lipinski definition) is 1. The lowest BCUT2D eigenvalue weighted by molar-refractivity contribution is 0.146. The molecule has 0 radical (unpaired) electrons. The van der Waals surface area contributed by atoms with Gasteiger partial charge in [0.15, 0.2) is 0 Å². The Morgan fingerprint density at radius 1 is 1.10 bits per heavy atom. The van der Waals surface area contributed by atoms with E-state index in [1.807, 2.05) is 0 Å². The van der Waals surface area contributed by atoms with Crippen molar-refractivity contribution in [3.05, 3.63) is 23.3 Å². The lowest BCUT2D eigenvalue weighted by Crippen LogP contribution is -2.31. The fraction of sp³-hybridized carbons (Fsp3) is 0.789. The lowest BCUT2D eigenvalue weighted by Gasteiger charge is -2.41. The third-order valence-electron chi connectivity index (χ3n) is 6.50. The second-order valence-corrected chi connectivity index (χ2v) is 7.71. The zero-order valence-electron chi connectivity index (χ0n) is 13.2. The van der Waals surface area contributed by atoms with E-state index in [0.29, 0.717) is 5.41 Å². The number of allylic oxidation sites excluding steroid dienone is 3. The van der Waals surface area contributed by atoms with Crippen molar-refractivity contribution in [1.82, 2.24) is 0 Å². The topological polar surface area (TPSA) is 20.2 Å². The molecule has 3 unspecified atom stereocenters. The van der Waals surface area contributed by atoms with Crippen LogP contribution in [0, 0.1) is 17.3 Å². The summed E-state index contributed by atoms with van der Waals surface area (Å²) in [7, 11) is 0. The molecule has 0 heterocycles. The molecule has 0 aliphatic heterocycles. The molecule has 0 amide bonds. The van der Waals surface area contributed by atoms with Gasteiger partial charge >= 0.3 is 0 Å². The number of aliphatic hydroxyl groups excluding tert-OH is 1. The normalized spacial score (nSPS) is 45.9. The summed E-state index contributed by atoms with van der Waals surface area (Å²) >= 11 is 0. The SMILES string of the molecule is CC1CCC2/C(=C/C=C3\CCC[C@H](O)C3)CCCC12C. The Hall–Kier alpha value is -0.560. The smallest absolute Gasteiger partial charge is 0.0577 e. The molecule has 3 rings (SSSR count). The first-order valence-corrected chi connectivity index (χ1v) is 8.66. The standard InChI is InChI=1S/C19H30O/c1-14-8-11-18-16(6-4-12-19(14,18)2)10-9-15-5-3-7-17(20)13-15/h9-10,14,17-18,20H,3-8,11-13H2,1-2H3/b15-9+,16-10+/t14?,17-,18?,19?/m0/s1. The molecule has 4 atom stereocenters. The Bertz CT molecular complexity index is 419. The minimum Gasteiger partial charge on any atom is -0.393 e. The van der Waals surface area contributed by atoms with Crippen molar-refractivity contribution < 1.29 is 5.11 Å². The van der Waals surface area contributed by atoms with Gasteiger partial charge in [-0.25, -0.2) is 0 Å². The number of hydrogen-bond acceptors (Lipinski definition) is 1. The molecule has 20 heavy (non-hydrogen) atoms. The van der Waals surface area contributed by atoms with Crippen molar-refractivity contribution in [2.45, 2.75) is 77.7 Å². The van der Waals surface area contributed by atoms with Crippen LogP contribution in [-0.4, -0.2) is 11.2 Å². The minimum atomic E-state index is -0.0866. The van der Waals surface area contributed by atoms with Crippen molar-refractivity contribution >= 4 is 0 Å². The summed E-state index contributed by atoms with van der Waals surface area (Å²) in [4.78, 5) is 0. The van der Waals surface area contributed by atoms with E-state index >= 15 is 0 Å². The zero-order chi connectivity index (χ0) is 14.2. The van der Waals surface area contributed by atoms with Gasteiger partial charge < -0.3 is 5.11 Å². The molecule has 0 aromatic heterocycles. The number of aliphatic hydroxyl groups is 1. The van der Waals surface area contributed by atoms with Crippen LogP contribution in [0.5, 0.6) is 0 Å². The van der Waals surface area contributed by atoms with E-state index in [9.17, 15) is 5.11 Å². The number of rotatable bonds is 1. The second kappa shape index (κ2) is 5.67. The average molecular weight is 274 g/mol. The quantitative estimate of drug-likeness (QED) is 0.712.